The summed E-state index contributed by atoms with van der Waals surface area (Å²) in [4.78, 5) is 6.71. The van der Waals surface area contributed by atoms with Crippen LogP contribution in [0.5, 0.6) is 0 Å². The third-order valence-electron chi connectivity index (χ3n) is 3.48. The van der Waals surface area contributed by atoms with Crippen LogP contribution >= 0.6 is 11.6 Å². The fourth-order valence-electron chi connectivity index (χ4n) is 2.52. The highest BCUT2D eigenvalue weighted by Gasteiger charge is 2.26. The van der Waals surface area contributed by atoms with Gasteiger partial charge in [-0.05, 0) is 32.7 Å². The zero-order valence-electron chi connectivity index (χ0n) is 10.4. The van der Waals surface area contributed by atoms with Crippen molar-refractivity contribution in [3.05, 3.63) is 17.2 Å². The molecular formula is C12H20ClN3O. The second-order valence-electron chi connectivity index (χ2n) is 4.91. The van der Waals surface area contributed by atoms with Crippen LogP contribution in [-0.4, -0.2) is 38.2 Å². The Kier molecular flexibility index (Phi) is 4.07. The third kappa shape index (κ3) is 3.00. The molecular weight excluding hydrogens is 238 g/mol. The molecule has 2 atom stereocenters. The van der Waals surface area contributed by atoms with Gasteiger partial charge in [0.2, 0.25) is 0 Å². The molecule has 1 aliphatic rings. The lowest BCUT2D eigenvalue weighted by molar-refractivity contribution is 0.129. The Morgan fingerprint density at radius 1 is 1.65 bits per heavy atom. The molecule has 0 aliphatic carbocycles. The van der Waals surface area contributed by atoms with E-state index in [1.54, 1.807) is 6.20 Å². The van der Waals surface area contributed by atoms with Gasteiger partial charge in [-0.15, -0.1) is 0 Å². The largest absolute Gasteiger partial charge is 0.393 e. The second kappa shape index (κ2) is 5.38. The highest BCUT2D eigenvalue weighted by molar-refractivity contribution is 6.29. The van der Waals surface area contributed by atoms with Crippen LogP contribution in [-0.2, 0) is 13.6 Å². The maximum absolute atomic E-state index is 9.49. The average Bonchev–Trinajstić information content (AvgIpc) is 2.80. The monoisotopic (exact) mass is 257 g/mol. The van der Waals surface area contributed by atoms with E-state index in [2.05, 4.69) is 9.88 Å². The molecule has 1 aliphatic heterocycles. The molecule has 1 N–H and O–H groups in total. The van der Waals surface area contributed by atoms with Crippen LogP contribution in [0.15, 0.2) is 6.20 Å². The SMILES string of the molecule is CC(O)CC1CCCN1Cc1ncc(Cl)n1C. The number of aromatic nitrogens is 2. The summed E-state index contributed by atoms with van der Waals surface area (Å²) < 4.78 is 1.92. The molecule has 96 valence electrons. The van der Waals surface area contributed by atoms with Crippen molar-refractivity contribution < 1.29 is 5.11 Å². The van der Waals surface area contributed by atoms with Crippen molar-refractivity contribution in [2.45, 2.75) is 44.9 Å². The van der Waals surface area contributed by atoms with Gasteiger partial charge in [0.15, 0.2) is 0 Å². The van der Waals surface area contributed by atoms with E-state index in [0.29, 0.717) is 11.2 Å². The molecule has 0 radical (unpaired) electrons. The first-order valence-electron chi connectivity index (χ1n) is 6.16. The van der Waals surface area contributed by atoms with Gasteiger partial charge in [-0.2, -0.15) is 0 Å². The van der Waals surface area contributed by atoms with Gasteiger partial charge in [0.05, 0.1) is 18.8 Å². The second-order valence-corrected chi connectivity index (χ2v) is 5.29. The highest BCUT2D eigenvalue weighted by atomic mass is 35.5. The van der Waals surface area contributed by atoms with Crippen molar-refractivity contribution in [3.8, 4) is 0 Å². The lowest BCUT2D eigenvalue weighted by atomic mass is 10.1. The summed E-state index contributed by atoms with van der Waals surface area (Å²) in [5.41, 5.74) is 0. The quantitative estimate of drug-likeness (QED) is 0.895. The van der Waals surface area contributed by atoms with Crippen molar-refractivity contribution in [1.29, 1.82) is 0 Å². The fraction of sp³-hybridized carbons (Fsp3) is 0.750. The van der Waals surface area contributed by atoms with Crippen molar-refractivity contribution in [2.24, 2.45) is 7.05 Å². The number of likely N-dealkylation sites (tertiary alicyclic amines) is 1. The maximum atomic E-state index is 9.49. The molecule has 0 spiro atoms. The van der Waals surface area contributed by atoms with Gasteiger partial charge in [0, 0.05) is 13.1 Å². The van der Waals surface area contributed by atoms with Gasteiger partial charge in [0.1, 0.15) is 11.0 Å². The number of halogens is 1. The third-order valence-corrected chi connectivity index (χ3v) is 3.84. The van der Waals surface area contributed by atoms with Gasteiger partial charge in [-0.25, -0.2) is 4.98 Å². The maximum Gasteiger partial charge on any atom is 0.128 e. The summed E-state index contributed by atoms with van der Waals surface area (Å²) in [6.07, 6.45) is 4.68. The summed E-state index contributed by atoms with van der Waals surface area (Å²) in [6, 6.07) is 0.477. The van der Waals surface area contributed by atoms with E-state index < -0.39 is 0 Å². The summed E-state index contributed by atoms with van der Waals surface area (Å²) in [7, 11) is 1.93. The molecule has 0 saturated carbocycles. The Labute approximate surface area is 107 Å². The summed E-state index contributed by atoms with van der Waals surface area (Å²) in [5, 5.41) is 10.2. The van der Waals surface area contributed by atoms with E-state index in [0.717, 1.165) is 25.3 Å². The lowest BCUT2D eigenvalue weighted by Crippen LogP contribution is -2.32. The summed E-state index contributed by atoms with van der Waals surface area (Å²) >= 11 is 5.98. The molecule has 2 unspecified atom stereocenters. The molecule has 1 saturated heterocycles. The van der Waals surface area contributed by atoms with Crippen LogP contribution in [0.3, 0.4) is 0 Å². The first kappa shape index (κ1) is 12.9. The van der Waals surface area contributed by atoms with Gasteiger partial charge >= 0.3 is 0 Å². The number of aliphatic hydroxyl groups is 1. The van der Waals surface area contributed by atoms with Gasteiger partial charge < -0.3 is 9.67 Å². The van der Waals surface area contributed by atoms with E-state index in [9.17, 15) is 5.11 Å². The van der Waals surface area contributed by atoms with Crippen molar-refractivity contribution in [2.75, 3.05) is 6.54 Å². The smallest absolute Gasteiger partial charge is 0.128 e. The van der Waals surface area contributed by atoms with Crippen LogP contribution in [0.1, 0.15) is 32.0 Å². The minimum atomic E-state index is -0.231. The van der Waals surface area contributed by atoms with Gasteiger partial charge in [-0.3, -0.25) is 4.90 Å². The molecule has 1 aromatic heterocycles. The number of imidazole rings is 1. The van der Waals surface area contributed by atoms with Crippen molar-refractivity contribution in [3.63, 3.8) is 0 Å². The van der Waals surface area contributed by atoms with Crippen molar-refractivity contribution >= 4 is 11.6 Å². The first-order chi connectivity index (χ1) is 8.08. The Morgan fingerprint density at radius 3 is 3.00 bits per heavy atom. The Hall–Kier alpha value is -0.580. The predicted molar refractivity (Wildman–Crippen MR) is 67.9 cm³/mol. The van der Waals surface area contributed by atoms with E-state index in [1.165, 1.54) is 12.8 Å². The Morgan fingerprint density at radius 2 is 2.41 bits per heavy atom. The molecule has 5 heteroatoms. The first-order valence-corrected chi connectivity index (χ1v) is 6.54. The van der Waals surface area contributed by atoms with E-state index >= 15 is 0 Å². The molecule has 0 amide bonds. The normalized spacial score (nSPS) is 23.2. The Balaban J connectivity index is 2.00. The van der Waals surface area contributed by atoms with Crippen molar-refractivity contribution in [1.82, 2.24) is 14.5 Å². The Bertz CT molecular complexity index is 378. The number of hydrogen-bond donors (Lipinski definition) is 1. The number of hydrogen-bond acceptors (Lipinski definition) is 3. The van der Waals surface area contributed by atoms with E-state index in [1.807, 2.05) is 18.5 Å². The summed E-state index contributed by atoms with van der Waals surface area (Å²) in [5.74, 6) is 0.993. The van der Waals surface area contributed by atoms with Crippen LogP contribution in [0.4, 0.5) is 0 Å². The molecule has 1 aromatic rings. The molecule has 0 bridgehead atoms. The number of rotatable bonds is 4. The highest BCUT2D eigenvalue weighted by Crippen LogP contribution is 2.23. The number of aliphatic hydroxyl groups excluding tert-OH is 1. The van der Waals surface area contributed by atoms with Crippen LogP contribution in [0.2, 0.25) is 5.15 Å². The summed E-state index contributed by atoms with van der Waals surface area (Å²) in [6.45, 7) is 3.76. The fourth-order valence-corrected chi connectivity index (χ4v) is 2.66. The van der Waals surface area contributed by atoms with E-state index in [4.69, 9.17) is 11.6 Å². The minimum Gasteiger partial charge on any atom is -0.393 e. The van der Waals surface area contributed by atoms with E-state index in [-0.39, 0.29) is 6.10 Å². The predicted octanol–water partition coefficient (Wildman–Crippen LogP) is 1.81. The number of nitrogens with zero attached hydrogens (tertiary/aromatic N) is 3. The molecule has 2 rings (SSSR count). The standard InChI is InChI=1S/C12H20ClN3O/c1-9(17)6-10-4-3-5-16(10)8-12-14-7-11(13)15(12)2/h7,9-10,17H,3-6,8H2,1-2H3. The lowest BCUT2D eigenvalue weighted by Gasteiger charge is -2.25. The molecule has 4 nitrogen and oxygen atoms in total. The molecule has 2 heterocycles. The van der Waals surface area contributed by atoms with Gasteiger partial charge in [-0.1, -0.05) is 11.6 Å². The zero-order valence-corrected chi connectivity index (χ0v) is 11.2. The topological polar surface area (TPSA) is 41.3 Å². The van der Waals surface area contributed by atoms with Crippen LogP contribution in [0, 0.1) is 0 Å². The van der Waals surface area contributed by atoms with Crippen LogP contribution in [0.25, 0.3) is 0 Å². The zero-order chi connectivity index (χ0) is 12.4. The molecule has 17 heavy (non-hydrogen) atoms. The van der Waals surface area contributed by atoms with Crippen LogP contribution < -0.4 is 0 Å². The minimum absolute atomic E-state index is 0.231. The molecule has 0 aromatic carbocycles. The molecule has 1 fully saturated rings. The average molecular weight is 258 g/mol. The van der Waals surface area contributed by atoms with Gasteiger partial charge in [0.25, 0.3) is 0 Å².